The third kappa shape index (κ3) is 5.01. The Morgan fingerprint density at radius 3 is 2.62 bits per heavy atom. The van der Waals surface area contributed by atoms with E-state index in [0.29, 0.717) is 43.4 Å². The predicted molar refractivity (Wildman–Crippen MR) is 152 cm³/mol. The van der Waals surface area contributed by atoms with Gasteiger partial charge in [0.15, 0.2) is 11.5 Å². The summed E-state index contributed by atoms with van der Waals surface area (Å²) in [6, 6.07) is 21.4. The van der Waals surface area contributed by atoms with Crippen LogP contribution < -0.4 is 14.2 Å². The number of thioether (sulfide) groups is 1. The van der Waals surface area contributed by atoms with E-state index >= 15 is 0 Å². The number of hydrogen-bond donors (Lipinski definition) is 0. The van der Waals surface area contributed by atoms with Gasteiger partial charge in [-0.1, -0.05) is 54.1 Å². The molecule has 0 aliphatic carbocycles. The number of ether oxygens (including phenoxy) is 3. The van der Waals surface area contributed by atoms with E-state index in [1.807, 2.05) is 36.4 Å². The Bertz CT molecular complexity index is 1720. The summed E-state index contributed by atoms with van der Waals surface area (Å²) in [5.74, 6) is 0.457. The lowest BCUT2D eigenvalue weighted by Gasteiger charge is -2.14. The number of imide groups is 1. The number of rotatable bonds is 5. The standard InChI is InChI=1S/C29H17BrClNO6S/c30-21-10-16(8-9-23(21)38-28(34)20-7-3-5-17-4-1-2-6-19(17)20)11-26-27(33)32(29(35)39-26)14-18-12-24-25(13-22(18)31)37-15-36-24/h1-13H,14-15H2/b26-11-. The molecule has 194 valence electrons. The molecule has 7 nitrogen and oxygen atoms in total. The number of hydrogen-bond acceptors (Lipinski definition) is 7. The number of fused-ring (bicyclic) bond motifs is 2. The molecule has 6 rings (SSSR count). The maximum Gasteiger partial charge on any atom is 0.344 e. The van der Waals surface area contributed by atoms with Crippen LogP contribution >= 0.6 is 39.3 Å². The summed E-state index contributed by atoms with van der Waals surface area (Å²) in [6.07, 6.45) is 1.62. The van der Waals surface area contributed by atoms with Crippen molar-refractivity contribution in [3.63, 3.8) is 0 Å². The monoisotopic (exact) mass is 621 g/mol. The zero-order valence-corrected chi connectivity index (χ0v) is 23.1. The van der Waals surface area contributed by atoms with Gasteiger partial charge in [-0.3, -0.25) is 14.5 Å². The van der Waals surface area contributed by atoms with Crippen molar-refractivity contribution in [2.45, 2.75) is 6.54 Å². The number of esters is 1. The van der Waals surface area contributed by atoms with Crippen LogP contribution in [0.3, 0.4) is 0 Å². The van der Waals surface area contributed by atoms with E-state index < -0.39 is 17.1 Å². The van der Waals surface area contributed by atoms with Gasteiger partial charge in [-0.2, -0.15) is 0 Å². The number of carbonyl (C=O) groups is 3. The molecule has 0 N–H and O–H groups in total. The van der Waals surface area contributed by atoms with Crippen molar-refractivity contribution >= 4 is 73.3 Å². The zero-order chi connectivity index (χ0) is 27.1. The van der Waals surface area contributed by atoms with Gasteiger partial charge in [0.25, 0.3) is 11.1 Å². The van der Waals surface area contributed by atoms with Crippen LogP contribution in [0, 0.1) is 0 Å². The van der Waals surface area contributed by atoms with Crippen LogP contribution in [-0.2, 0) is 11.3 Å². The molecule has 4 aromatic rings. The van der Waals surface area contributed by atoms with Gasteiger partial charge in [-0.15, -0.1) is 0 Å². The predicted octanol–water partition coefficient (Wildman–Crippen LogP) is 7.44. The average molecular weight is 623 g/mol. The molecule has 0 saturated carbocycles. The lowest BCUT2D eigenvalue weighted by molar-refractivity contribution is -0.123. The highest BCUT2D eigenvalue weighted by Gasteiger charge is 2.35. The average Bonchev–Trinajstić information content (AvgIpc) is 3.48. The molecular weight excluding hydrogens is 606 g/mol. The van der Waals surface area contributed by atoms with E-state index in [4.69, 9.17) is 25.8 Å². The molecular formula is C29H17BrClNO6S. The maximum absolute atomic E-state index is 13.1. The maximum atomic E-state index is 13.1. The Morgan fingerprint density at radius 2 is 1.79 bits per heavy atom. The third-order valence-corrected chi connectivity index (χ3v) is 8.09. The van der Waals surface area contributed by atoms with Gasteiger partial charge >= 0.3 is 5.97 Å². The van der Waals surface area contributed by atoms with E-state index in [1.54, 1.807) is 42.5 Å². The van der Waals surface area contributed by atoms with Crippen LogP contribution in [0.1, 0.15) is 21.5 Å². The van der Waals surface area contributed by atoms with Crippen LogP contribution in [-0.4, -0.2) is 28.8 Å². The van der Waals surface area contributed by atoms with Crippen LogP contribution in [0.5, 0.6) is 17.2 Å². The van der Waals surface area contributed by atoms with Crippen molar-refractivity contribution in [2.24, 2.45) is 0 Å². The second-order valence-corrected chi connectivity index (χ2v) is 10.9. The lowest BCUT2D eigenvalue weighted by Crippen LogP contribution is -2.27. The topological polar surface area (TPSA) is 82.1 Å². The molecule has 1 saturated heterocycles. The fraction of sp³-hybridized carbons (Fsp3) is 0.0690. The first-order valence-electron chi connectivity index (χ1n) is 11.7. The molecule has 39 heavy (non-hydrogen) atoms. The second kappa shape index (κ2) is 10.4. The van der Waals surface area contributed by atoms with Gasteiger partial charge in [0.1, 0.15) is 5.75 Å². The first-order chi connectivity index (χ1) is 18.9. The molecule has 2 aliphatic heterocycles. The van der Waals surface area contributed by atoms with Crippen molar-refractivity contribution in [3.8, 4) is 17.2 Å². The summed E-state index contributed by atoms with van der Waals surface area (Å²) >= 11 is 10.6. The van der Waals surface area contributed by atoms with Crippen molar-refractivity contribution in [1.29, 1.82) is 0 Å². The molecule has 0 unspecified atom stereocenters. The minimum atomic E-state index is -0.483. The largest absolute Gasteiger partial charge is 0.454 e. The Hall–Kier alpha value is -3.79. The number of amides is 2. The highest BCUT2D eigenvalue weighted by atomic mass is 79.9. The minimum absolute atomic E-state index is 0.00420. The van der Waals surface area contributed by atoms with Gasteiger partial charge in [0, 0.05) is 11.1 Å². The van der Waals surface area contributed by atoms with Gasteiger partial charge in [0.2, 0.25) is 6.79 Å². The summed E-state index contributed by atoms with van der Waals surface area (Å²) in [7, 11) is 0. The molecule has 0 atom stereocenters. The Labute approximate surface area is 240 Å². The summed E-state index contributed by atoms with van der Waals surface area (Å²) in [4.78, 5) is 40.1. The van der Waals surface area contributed by atoms with E-state index in [0.717, 1.165) is 27.4 Å². The third-order valence-electron chi connectivity index (χ3n) is 6.21. The van der Waals surface area contributed by atoms with Crippen LogP contribution in [0.4, 0.5) is 4.79 Å². The van der Waals surface area contributed by atoms with Crippen molar-refractivity contribution < 1.29 is 28.6 Å². The van der Waals surface area contributed by atoms with Crippen molar-refractivity contribution in [2.75, 3.05) is 6.79 Å². The molecule has 0 aromatic heterocycles. The SMILES string of the molecule is O=C(Oc1ccc(/C=C2\SC(=O)N(Cc3cc4c(cc3Cl)OCO4)C2=O)cc1Br)c1cccc2ccccc12. The number of halogens is 2. The van der Waals surface area contributed by atoms with Gasteiger partial charge in [0.05, 0.1) is 21.5 Å². The highest BCUT2D eigenvalue weighted by molar-refractivity contribution is 9.10. The normalized spacial score (nSPS) is 15.4. The molecule has 0 radical (unpaired) electrons. The van der Waals surface area contributed by atoms with E-state index in [1.165, 1.54) is 0 Å². The lowest BCUT2D eigenvalue weighted by atomic mass is 10.0. The summed E-state index contributed by atoms with van der Waals surface area (Å²) in [5.41, 5.74) is 1.68. The number of nitrogens with zero attached hydrogens (tertiary/aromatic N) is 1. The molecule has 4 aromatic carbocycles. The zero-order valence-electron chi connectivity index (χ0n) is 20.0. The summed E-state index contributed by atoms with van der Waals surface area (Å²) < 4.78 is 16.9. The van der Waals surface area contributed by atoms with Crippen molar-refractivity contribution in [3.05, 3.63) is 104 Å². The quantitative estimate of drug-likeness (QED) is 0.130. The Balaban J connectivity index is 1.19. The van der Waals surface area contributed by atoms with Crippen LogP contribution in [0.2, 0.25) is 5.02 Å². The van der Waals surface area contributed by atoms with E-state index in [-0.39, 0.29) is 18.2 Å². The number of carbonyl (C=O) groups excluding carboxylic acids is 3. The molecule has 2 amide bonds. The minimum Gasteiger partial charge on any atom is -0.454 e. The van der Waals surface area contributed by atoms with Gasteiger partial charge in [-0.05, 0) is 79.9 Å². The molecule has 2 aliphatic rings. The van der Waals surface area contributed by atoms with Gasteiger partial charge in [-0.25, -0.2) is 4.79 Å². The van der Waals surface area contributed by atoms with Crippen LogP contribution in [0.15, 0.2) is 82.2 Å². The molecule has 0 bridgehead atoms. The highest BCUT2D eigenvalue weighted by Crippen LogP contribution is 2.40. The first-order valence-corrected chi connectivity index (χ1v) is 13.7. The van der Waals surface area contributed by atoms with E-state index in [9.17, 15) is 14.4 Å². The van der Waals surface area contributed by atoms with Gasteiger partial charge < -0.3 is 14.2 Å². The fourth-order valence-corrected chi connectivity index (χ4v) is 5.82. The van der Waals surface area contributed by atoms with E-state index in [2.05, 4.69) is 15.9 Å². The summed E-state index contributed by atoms with van der Waals surface area (Å²) in [6.45, 7) is 0.0976. The Morgan fingerprint density at radius 1 is 1.03 bits per heavy atom. The smallest absolute Gasteiger partial charge is 0.344 e. The van der Waals surface area contributed by atoms with Crippen LogP contribution in [0.25, 0.3) is 16.8 Å². The van der Waals surface area contributed by atoms with Crippen molar-refractivity contribution in [1.82, 2.24) is 4.90 Å². The number of benzene rings is 4. The Kier molecular flexibility index (Phi) is 6.80. The molecule has 1 fully saturated rings. The molecule has 0 spiro atoms. The second-order valence-electron chi connectivity index (χ2n) is 8.67. The fourth-order valence-electron chi connectivity index (χ4n) is 4.29. The summed E-state index contributed by atoms with van der Waals surface area (Å²) in [5, 5.41) is 1.71. The first kappa shape index (κ1) is 25.5. The molecule has 2 heterocycles. The molecule has 10 heteroatoms.